The molecule has 0 aliphatic heterocycles. The Kier molecular flexibility index (Phi) is 20.3. The Hall–Kier alpha value is -0.352. The first kappa shape index (κ1) is 37.6. The fraction of sp³-hybridized carbons (Fsp3) is 0.923. The van der Waals surface area contributed by atoms with Gasteiger partial charge < -0.3 is 28.1 Å². The van der Waals surface area contributed by atoms with Gasteiger partial charge in [0.15, 0.2) is 16.6 Å². The predicted octanol–water partition coefficient (Wildman–Crippen LogP) is 3.99. The van der Waals surface area contributed by atoms with E-state index in [1.165, 1.54) is 0 Å². The lowest BCUT2D eigenvalue weighted by Crippen LogP contribution is -2.40. The number of hydrogen-bond acceptors (Lipinski definition) is 6. The van der Waals surface area contributed by atoms with Crippen LogP contribution < -0.4 is 0 Å². The number of unbranched alkanes of at least 4 members (excludes halogenated alkanes) is 1. The fourth-order valence-electron chi connectivity index (χ4n) is 3.50. The Balaban J connectivity index is 4.70. The Morgan fingerprint density at radius 3 is 1.18 bits per heavy atom. The SMILES string of the molecule is C[SiH](C)COCCN(CCOC[SiH](C)C)C(=O)CCCCC(=O)N(CCO[Si](C)(C)C)CCO[Si](C)(C)C. The Labute approximate surface area is 239 Å². The molecule has 8 nitrogen and oxygen atoms in total. The average molecular weight is 609 g/mol. The molecule has 226 valence electrons. The normalized spacial score (nSPS) is 12.4. The molecule has 0 aromatic heterocycles. The summed E-state index contributed by atoms with van der Waals surface area (Å²) in [7, 11) is -4.79. The minimum atomic E-state index is -1.63. The zero-order valence-corrected chi connectivity index (χ0v) is 30.7. The maximum absolute atomic E-state index is 13.0. The van der Waals surface area contributed by atoms with Crippen molar-refractivity contribution in [3.05, 3.63) is 0 Å². The Bertz CT molecular complexity index is 606. The van der Waals surface area contributed by atoms with Gasteiger partial charge in [-0.15, -0.1) is 0 Å². The molecule has 0 heterocycles. The van der Waals surface area contributed by atoms with Crippen molar-refractivity contribution < 1.29 is 27.9 Å². The summed E-state index contributed by atoms with van der Waals surface area (Å²) in [6.07, 6.45) is 3.96. The zero-order chi connectivity index (χ0) is 29.2. The summed E-state index contributed by atoms with van der Waals surface area (Å²) in [5.41, 5.74) is 0. The molecule has 0 rings (SSSR count). The lowest BCUT2D eigenvalue weighted by atomic mass is 10.1. The minimum Gasteiger partial charge on any atom is -0.416 e. The van der Waals surface area contributed by atoms with E-state index < -0.39 is 34.2 Å². The lowest BCUT2D eigenvalue weighted by Gasteiger charge is -2.27. The van der Waals surface area contributed by atoms with Crippen LogP contribution in [-0.2, 0) is 27.9 Å². The van der Waals surface area contributed by atoms with Gasteiger partial charge in [0.05, 0.1) is 44.0 Å². The second-order valence-electron chi connectivity index (χ2n) is 12.8. The van der Waals surface area contributed by atoms with E-state index in [-0.39, 0.29) is 11.8 Å². The topological polar surface area (TPSA) is 77.5 Å². The van der Waals surface area contributed by atoms with Crippen molar-refractivity contribution in [1.29, 1.82) is 0 Å². The number of ether oxygens (including phenoxy) is 2. The highest BCUT2D eigenvalue weighted by molar-refractivity contribution is 6.70. The van der Waals surface area contributed by atoms with Crippen molar-refractivity contribution in [1.82, 2.24) is 9.80 Å². The van der Waals surface area contributed by atoms with Crippen LogP contribution in [0.1, 0.15) is 25.7 Å². The first-order valence-corrected chi connectivity index (χ1v) is 27.7. The van der Waals surface area contributed by atoms with Gasteiger partial charge in [-0.3, -0.25) is 9.59 Å². The van der Waals surface area contributed by atoms with E-state index in [1.807, 2.05) is 9.80 Å². The monoisotopic (exact) mass is 608 g/mol. The molecular weight excluding hydrogens is 549 g/mol. The summed E-state index contributed by atoms with van der Waals surface area (Å²) >= 11 is 0. The van der Waals surface area contributed by atoms with Crippen molar-refractivity contribution >= 4 is 46.0 Å². The molecule has 0 saturated heterocycles. The first-order chi connectivity index (χ1) is 17.6. The summed E-state index contributed by atoms with van der Waals surface area (Å²) in [6, 6.07) is 0. The molecule has 0 aliphatic rings. The van der Waals surface area contributed by atoms with Crippen molar-refractivity contribution in [2.24, 2.45) is 0 Å². The highest BCUT2D eigenvalue weighted by atomic mass is 28.4. The molecule has 0 bridgehead atoms. The molecule has 0 atom stereocenters. The summed E-state index contributed by atoms with van der Waals surface area (Å²) in [6.45, 7) is 26.6. The van der Waals surface area contributed by atoms with Gasteiger partial charge in [-0.1, -0.05) is 26.2 Å². The van der Waals surface area contributed by atoms with E-state index >= 15 is 0 Å². The number of amides is 2. The Morgan fingerprint density at radius 2 is 0.895 bits per heavy atom. The summed E-state index contributed by atoms with van der Waals surface area (Å²) in [4.78, 5) is 29.7. The van der Waals surface area contributed by atoms with Crippen LogP contribution in [0.2, 0.25) is 65.5 Å². The second kappa shape index (κ2) is 20.5. The average Bonchev–Trinajstić information content (AvgIpc) is 2.77. The Morgan fingerprint density at radius 1 is 0.579 bits per heavy atom. The van der Waals surface area contributed by atoms with Gasteiger partial charge in [-0.05, 0) is 52.1 Å². The van der Waals surface area contributed by atoms with Crippen LogP contribution in [0.25, 0.3) is 0 Å². The summed E-state index contributed by atoms with van der Waals surface area (Å²) < 4.78 is 23.5. The van der Waals surface area contributed by atoms with Gasteiger partial charge in [0.25, 0.3) is 0 Å². The van der Waals surface area contributed by atoms with E-state index in [4.69, 9.17) is 18.3 Å². The van der Waals surface area contributed by atoms with Crippen LogP contribution in [0.5, 0.6) is 0 Å². The van der Waals surface area contributed by atoms with Crippen LogP contribution >= 0.6 is 0 Å². The minimum absolute atomic E-state index is 0.116. The smallest absolute Gasteiger partial charge is 0.222 e. The lowest BCUT2D eigenvalue weighted by molar-refractivity contribution is -0.134. The van der Waals surface area contributed by atoms with Crippen molar-refractivity contribution in [2.45, 2.75) is 91.2 Å². The van der Waals surface area contributed by atoms with E-state index in [2.05, 4.69) is 65.5 Å². The van der Waals surface area contributed by atoms with E-state index in [0.29, 0.717) is 78.3 Å². The molecule has 0 aromatic carbocycles. The van der Waals surface area contributed by atoms with E-state index in [1.54, 1.807) is 0 Å². The van der Waals surface area contributed by atoms with Crippen molar-refractivity contribution in [3.8, 4) is 0 Å². The maximum atomic E-state index is 13.0. The molecule has 2 amide bonds. The summed E-state index contributed by atoms with van der Waals surface area (Å²) in [5, 5.41) is 0. The van der Waals surface area contributed by atoms with Gasteiger partial charge in [0.1, 0.15) is 0 Å². The highest BCUT2D eigenvalue weighted by Crippen LogP contribution is 2.09. The maximum Gasteiger partial charge on any atom is 0.222 e. The third-order valence-corrected chi connectivity index (χ3v) is 9.39. The van der Waals surface area contributed by atoms with Gasteiger partial charge in [-0.2, -0.15) is 0 Å². The van der Waals surface area contributed by atoms with E-state index in [9.17, 15) is 9.59 Å². The molecule has 0 aromatic rings. The molecule has 12 heteroatoms. The van der Waals surface area contributed by atoms with Gasteiger partial charge >= 0.3 is 0 Å². The molecule has 0 spiro atoms. The zero-order valence-electron chi connectivity index (χ0n) is 26.4. The molecule has 0 fully saturated rings. The molecular formula is C26H60N2O6Si4. The fourth-order valence-corrected chi connectivity index (χ4v) is 6.19. The third-order valence-electron chi connectivity index (χ3n) is 5.44. The standard InChI is InChI=1S/C26H60N2O6Si4/c1-35(2)23-31-19-15-27(16-20-32-24-36(3)4)25(29)13-11-12-14-26(30)28(17-21-33-37(5,6)7)18-22-34-38(8,9)10/h35-36H,11-24H2,1-10H3. The van der Waals surface area contributed by atoms with Crippen LogP contribution in [0.3, 0.4) is 0 Å². The van der Waals surface area contributed by atoms with Crippen LogP contribution in [-0.4, -0.2) is 121 Å². The highest BCUT2D eigenvalue weighted by Gasteiger charge is 2.20. The molecule has 0 aliphatic carbocycles. The quantitative estimate of drug-likeness (QED) is 0.129. The number of rotatable bonds is 23. The van der Waals surface area contributed by atoms with Crippen molar-refractivity contribution in [2.75, 3.05) is 65.1 Å². The van der Waals surface area contributed by atoms with Gasteiger partial charge in [0, 0.05) is 51.5 Å². The molecule has 0 N–H and O–H groups in total. The summed E-state index contributed by atoms with van der Waals surface area (Å²) in [5.74, 6) is 0.238. The first-order valence-electron chi connectivity index (χ1n) is 14.6. The van der Waals surface area contributed by atoms with Crippen molar-refractivity contribution in [3.63, 3.8) is 0 Å². The molecule has 0 unspecified atom stereocenters. The second-order valence-corrected chi connectivity index (χ2v) is 28.1. The third kappa shape index (κ3) is 23.5. The molecule has 0 saturated carbocycles. The predicted molar refractivity (Wildman–Crippen MR) is 170 cm³/mol. The van der Waals surface area contributed by atoms with Crippen LogP contribution in [0, 0.1) is 0 Å². The number of nitrogens with zero attached hydrogens (tertiary/aromatic N) is 2. The largest absolute Gasteiger partial charge is 0.416 e. The molecule has 0 radical (unpaired) electrons. The number of hydrogen-bond donors (Lipinski definition) is 0. The molecule has 38 heavy (non-hydrogen) atoms. The van der Waals surface area contributed by atoms with Crippen LogP contribution in [0.15, 0.2) is 0 Å². The van der Waals surface area contributed by atoms with Gasteiger partial charge in [0.2, 0.25) is 11.8 Å². The van der Waals surface area contributed by atoms with Gasteiger partial charge in [-0.25, -0.2) is 0 Å². The number of carbonyl (C=O) groups is 2. The van der Waals surface area contributed by atoms with E-state index in [0.717, 1.165) is 12.5 Å². The number of carbonyl (C=O) groups excluding carboxylic acids is 2. The van der Waals surface area contributed by atoms with Crippen LogP contribution in [0.4, 0.5) is 0 Å².